The van der Waals surface area contributed by atoms with Gasteiger partial charge in [-0.2, -0.15) is 0 Å². The number of amides is 2. The molecule has 0 bridgehead atoms. The molecule has 0 spiro atoms. The number of aromatic nitrogens is 1. The van der Waals surface area contributed by atoms with Crippen LogP contribution in [0.1, 0.15) is 25.7 Å². The zero-order chi connectivity index (χ0) is 16.9. The number of aliphatic hydroxyl groups is 1. The molecule has 2 unspecified atom stereocenters. The predicted molar refractivity (Wildman–Crippen MR) is 91.6 cm³/mol. The van der Waals surface area contributed by atoms with Crippen LogP contribution in [0.2, 0.25) is 0 Å². The Morgan fingerprint density at radius 1 is 1.42 bits per heavy atom. The molecule has 1 aliphatic rings. The lowest BCUT2D eigenvalue weighted by Crippen LogP contribution is -2.40. The highest BCUT2D eigenvalue weighted by Gasteiger charge is 2.25. The molecule has 1 aromatic carbocycles. The minimum Gasteiger partial charge on any atom is -0.445 e. The molecule has 1 heterocycles. The third-order valence-electron chi connectivity index (χ3n) is 4.52. The topological polar surface area (TPSA) is 78.6 Å². The summed E-state index contributed by atoms with van der Waals surface area (Å²) >= 11 is 0. The van der Waals surface area contributed by atoms with Gasteiger partial charge < -0.3 is 19.7 Å². The number of rotatable bonds is 4. The maximum Gasteiger partial charge on any atom is 0.321 e. The molecule has 1 aliphatic carbocycles. The molecule has 1 saturated carbocycles. The molecule has 0 radical (unpaired) electrons. The number of aliphatic hydroxyl groups excluding tert-OH is 1. The van der Waals surface area contributed by atoms with Crippen molar-refractivity contribution in [2.75, 3.05) is 18.9 Å². The maximum absolute atomic E-state index is 12.4. The van der Waals surface area contributed by atoms with Crippen LogP contribution in [0.3, 0.4) is 0 Å². The minimum absolute atomic E-state index is 0.160. The van der Waals surface area contributed by atoms with E-state index in [4.69, 9.17) is 4.42 Å². The Bertz CT molecular complexity index is 672. The highest BCUT2D eigenvalue weighted by Crippen LogP contribution is 2.25. The van der Waals surface area contributed by atoms with E-state index in [1.165, 1.54) is 6.26 Å². The van der Waals surface area contributed by atoms with Gasteiger partial charge in [0.25, 0.3) is 0 Å². The number of hydrogen-bond donors (Lipinski definition) is 2. The number of oxazole rings is 1. The van der Waals surface area contributed by atoms with E-state index in [9.17, 15) is 9.90 Å². The zero-order valence-electron chi connectivity index (χ0n) is 13.8. The number of nitrogens with zero attached hydrogens (tertiary/aromatic N) is 2. The van der Waals surface area contributed by atoms with Gasteiger partial charge in [0.05, 0.1) is 12.3 Å². The molecule has 1 fully saturated rings. The van der Waals surface area contributed by atoms with Crippen molar-refractivity contribution in [3.63, 3.8) is 0 Å². The van der Waals surface area contributed by atoms with E-state index in [1.807, 2.05) is 24.3 Å². The average molecular weight is 329 g/mol. The van der Waals surface area contributed by atoms with Gasteiger partial charge in [-0.3, -0.25) is 0 Å². The zero-order valence-corrected chi connectivity index (χ0v) is 13.8. The van der Waals surface area contributed by atoms with Gasteiger partial charge in [-0.1, -0.05) is 18.9 Å². The first-order valence-corrected chi connectivity index (χ1v) is 8.33. The van der Waals surface area contributed by atoms with Gasteiger partial charge >= 0.3 is 6.03 Å². The molecule has 2 N–H and O–H groups in total. The molecule has 2 amide bonds. The number of benzene rings is 1. The standard InChI is InChI=1S/C18H23N3O3/c1-21(12-14-5-2-3-8-16(14)22)18(23)20-15-7-4-6-13(11-15)17-19-9-10-24-17/h4,6-7,9-11,14,16,22H,2-3,5,8,12H2,1H3,(H,20,23). The Morgan fingerprint density at radius 3 is 3.00 bits per heavy atom. The van der Waals surface area contributed by atoms with E-state index in [0.29, 0.717) is 18.1 Å². The van der Waals surface area contributed by atoms with E-state index in [-0.39, 0.29) is 18.1 Å². The average Bonchev–Trinajstić information content (AvgIpc) is 3.12. The SMILES string of the molecule is CN(CC1CCCCC1O)C(=O)Nc1cccc(-c2ncco2)c1. The van der Waals surface area contributed by atoms with Gasteiger partial charge in [-0.15, -0.1) is 0 Å². The number of anilines is 1. The lowest BCUT2D eigenvalue weighted by Gasteiger charge is -2.31. The molecule has 0 aliphatic heterocycles. The summed E-state index contributed by atoms with van der Waals surface area (Å²) < 4.78 is 5.28. The Hall–Kier alpha value is -2.34. The first kappa shape index (κ1) is 16.5. The van der Waals surface area contributed by atoms with E-state index < -0.39 is 0 Å². The largest absolute Gasteiger partial charge is 0.445 e. The van der Waals surface area contributed by atoms with Gasteiger partial charge in [0.15, 0.2) is 0 Å². The Labute approximate surface area is 141 Å². The molecule has 0 saturated heterocycles. The number of urea groups is 1. The number of hydrogen-bond acceptors (Lipinski definition) is 4. The molecular weight excluding hydrogens is 306 g/mol. The lowest BCUT2D eigenvalue weighted by molar-refractivity contribution is 0.0575. The summed E-state index contributed by atoms with van der Waals surface area (Å²) in [7, 11) is 1.76. The van der Waals surface area contributed by atoms with Crippen LogP contribution in [0.5, 0.6) is 0 Å². The van der Waals surface area contributed by atoms with Crippen molar-refractivity contribution in [1.29, 1.82) is 0 Å². The number of nitrogens with one attached hydrogen (secondary N) is 1. The first-order valence-electron chi connectivity index (χ1n) is 8.33. The summed E-state index contributed by atoms with van der Waals surface area (Å²) in [4.78, 5) is 18.1. The van der Waals surface area contributed by atoms with Crippen LogP contribution in [-0.2, 0) is 0 Å². The molecule has 128 valence electrons. The van der Waals surface area contributed by atoms with E-state index >= 15 is 0 Å². The van der Waals surface area contributed by atoms with E-state index in [2.05, 4.69) is 10.3 Å². The Balaban J connectivity index is 1.61. The van der Waals surface area contributed by atoms with Crippen molar-refractivity contribution in [3.8, 4) is 11.5 Å². The molecule has 3 rings (SSSR count). The first-order chi connectivity index (χ1) is 11.6. The fraction of sp³-hybridized carbons (Fsp3) is 0.444. The molecule has 2 aromatic rings. The number of carbonyl (C=O) groups excluding carboxylic acids is 1. The normalized spacial score (nSPS) is 20.6. The van der Waals surface area contributed by atoms with Crippen LogP contribution in [0, 0.1) is 5.92 Å². The Morgan fingerprint density at radius 2 is 2.25 bits per heavy atom. The van der Waals surface area contributed by atoms with Gasteiger partial charge in [-0.25, -0.2) is 9.78 Å². The Kier molecular flexibility index (Phi) is 5.15. The highest BCUT2D eigenvalue weighted by atomic mass is 16.3. The summed E-state index contributed by atoms with van der Waals surface area (Å²) in [5, 5.41) is 12.9. The summed E-state index contributed by atoms with van der Waals surface area (Å²) in [6.45, 7) is 0.562. The third kappa shape index (κ3) is 3.94. The minimum atomic E-state index is -0.303. The summed E-state index contributed by atoms with van der Waals surface area (Å²) in [5.74, 6) is 0.679. The summed E-state index contributed by atoms with van der Waals surface area (Å²) in [6, 6.07) is 7.20. The van der Waals surface area contributed by atoms with Crippen molar-refractivity contribution in [2.45, 2.75) is 31.8 Å². The molecule has 24 heavy (non-hydrogen) atoms. The molecule has 2 atom stereocenters. The smallest absolute Gasteiger partial charge is 0.321 e. The van der Waals surface area contributed by atoms with Crippen LogP contribution in [0.4, 0.5) is 10.5 Å². The van der Waals surface area contributed by atoms with E-state index in [0.717, 1.165) is 31.2 Å². The fourth-order valence-corrected chi connectivity index (χ4v) is 3.15. The predicted octanol–water partition coefficient (Wildman–Crippen LogP) is 3.36. The summed E-state index contributed by atoms with van der Waals surface area (Å²) in [6.07, 6.45) is 6.79. The van der Waals surface area contributed by atoms with Gasteiger partial charge in [0.1, 0.15) is 6.26 Å². The lowest BCUT2D eigenvalue weighted by atomic mass is 9.86. The van der Waals surface area contributed by atoms with Gasteiger partial charge in [0, 0.05) is 30.8 Å². The quantitative estimate of drug-likeness (QED) is 0.901. The van der Waals surface area contributed by atoms with Crippen molar-refractivity contribution >= 4 is 11.7 Å². The maximum atomic E-state index is 12.4. The van der Waals surface area contributed by atoms with Crippen molar-refractivity contribution in [2.24, 2.45) is 5.92 Å². The van der Waals surface area contributed by atoms with Crippen LogP contribution in [-0.4, -0.2) is 40.7 Å². The van der Waals surface area contributed by atoms with E-state index in [1.54, 1.807) is 18.1 Å². The molecule has 6 heteroatoms. The highest BCUT2D eigenvalue weighted by molar-refractivity contribution is 5.89. The van der Waals surface area contributed by atoms with Crippen LogP contribution in [0.15, 0.2) is 41.1 Å². The molecular formula is C18H23N3O3. The van der Waals surface area contributed by atoms with Crippen molar-refractivity contribution < 1.29 is 14.3 Å². The van der Waals surface area contributed by atoms with Gasteiger partial charge in [0.2, 0.25) is 5.89 Å². The van der Waals surface area contributed by atoms with Crippen LogP contribution in [0.25, 0.3) is 11.5 Å². The van der Waals surface area contributed by atoms with Crippen molar-refractivity contribution in [3.05, 3.63) is 36.7 Å². The monoisotopic (exact) mass is 329 g/mol. The molecule has 6 nitrogen and oxygen atoms in total. The van der Waals surface area contributed by atoms with Gasteiger partial charge in [-0.05, 0) is 31.0 Å². The third-order valence-corrected chi connectivity index (χ3v) is 4.52. The summed E-state index contributed by atoms with van der Waals surface area (Å²) in [5.41, 5.74) is 1.50. The van der Waals surface area contributed by atoms with Crippen LogP contribution >= 0.6 is 0 Å². The second kappa shape index (κ2) is 7.49. The number of carbonyl (C=O) groups is 1. The second-order valence-corrected chi connectivity index (χ2v) is 6.34. The van der Waals surface area contributed by atoms with Crippen LogP contribution < -0.4 is 5.32 Å². The second-order valence-electron chi connectivity index (χ2n) is 6.34. The molecule has 1 aromatic heterocycles. The fourth-order valence-electron chi connectivity index (χ4n) is 3.15. The van der Waals surface area contributed by atoms with Crippen molar-refractivity contribution in [1.82, 2.24) is 9.88 Å².